The first-order chi connectivity index (χ1) is 12.5. The molecule has 1 fully saturated rings. The molecule has 1 heterocycles. The van der Waals surface area contributed by atoms with Crippen molar-refractivity contribution in [3.63, 3.8) is 0 Å². The molecule has 0 aromatic carbocycles. The van der Waals surface area contributed by atoms with Crippen LogP contribution in [0.15, 0.2) is 10.4 Å². The average molecular weight is 520 g/mol. The fourth-order valence-electron chi connectivity index (χ4n) is 2.75. The second-order valence-electron chi connectivity index (χ2n) is 6.19. The predicted octanol–water partition coefficient (Wildman–Crippen LogP) is 4.23. The lowest BCUT2D eigenvalue weighted by atomic mass is 10.3. The Balaban J connectivity index is 0.00000364. The Morgan fingerprint density at radius 2 is 2.07 bits per heavy atom. The van der Waals surface area contributed by atoms with E-state index in [0.717, 1.165) is 29.7 Å². The third kappa shape index (κ3) is 9.42. The highest BCUT2D eigenvalue weighted by atomic mass is 127. The van der Waals surface area contributed by atoms with Gasteiger partial charge >= 0.3 is 6.18 Å². The first-order valence-electron chi connectivity index (χ1n) is 9.14. The topological polar surface area (TPSA) is 58.5 Å². The SMILES string of the molecule is CCNC(=NCCCOC1CCCC1)NCCc1nc(C(F)(F)F)cs1.I. The Morgan fingerprint density at radius 3 is 2.70 bits per heavy atom. The summed E-state index contributed by atoms with van der Waals surface area (Å²) in [7, 11) is 0. The van der Waals surface area contributed by atoms with Crippen LogP contribution >= 0.6 is 35.3 Å². The number of rotatable bonds is 9. The molecule has 0 saturated heterocycles. The lowest BCUT2D eigenvalue weighted by molar-refractivity contribution is -0.140. The van der Waals surface area contributed by atoms with E-state index >= 15 is 0 Å². The molecule has 0 radical (unpaired) electrons. The van der Waals surface area contributed by atoms with E-state index in [1.165, 1.54) is 25.7 Å². The molecule has 0 spiro atoms. The lowest BCUT2D eigenvalue weighted by Crippen LogP contribution is -2.38. The van der Waals surface area contributed by atoms with Crippen molar-refractivity contribution in [3.05, 3.63) is 16.1 Å². The van der Waals surface area contributed by atoms with Gasteiger partial charge in [0.15, 0.2) is 11.7 Å². The normalized spacial score (nSPS) is 15.6. The summed E-state index contributed by atoms with van der Waals surface area (Å²) < 4.78 is 43.4. The van der Waals surface area contributed by atoms with Crippen LogP contribution in [0, 0.1) is 0 Å². The fraction of sp³-hybridized carbons (Fsp3) is 0.765. The van der Waals surface area contributed by atoms with Crippen LogP contribution in [0.3, 0.4) is 0 Å². The summed E-state index contributed by atoms with van der Waals surface area (Å²) in [6.45, 7) is 4.54. The van der Waals surface area contributed by atoms with E-state index in [-0.39, 0.29) is 24.0 Å². The van der Waals surface area contributed by atoms with Crippen molar-refractivity contribution in [2.24, 2.45) is 4.99 Å². The van der Waals surface area contributed by atoms with Gasteiger partial charge in [-0.25, -0.2) is 4.98 Å². The number of aliphatic imine (C=N–C) groups is 1. The highest BCUT2D eigenvalue weighted by Gasteiger charge is 2.33. The molecule has 1 aliphatic rings. The monoisotopic (exact) mass is 520 g/mol. The number of aromatic nitrogens is 1. The van der Waals surface area contributed by atoms with Crippen molar-refractivity contribution in [2.75, 3.05) is 26.2 Å². The van der Waals surface area contributed by atoms with Crippen molar-refractivity contribution in [2.45, 2.75) is 57.7 Å². The molecule has 1 aromatic rings. The second-order valence-corrected chi connectivity index (χ2v) is 7.14. The van der Waals surface area contributed by atoms with Crippen molar-refractivity contribution in [1.82, 2.24) is 15.6 Å². The maximum atomic E-state index is 12.5. The number of guanidine groups is 1. The first-order valence-corrected chi connectivity index (χ1v) is 10.0. The third-order valence-corrected chi connectivity index (χ3v) is 4.95. The molecule has 0 aliphatic heterocycles. The standard InChI is InChI=1S/C17H27F3N4OS.HI/c1-2-21-16(22-9-5-11-25-13-6-3-4-7-13)23-10-8-15-24-14(12-26-15)17(18,19)20;/h12-13H,2-11H2,1H3,(H2,21,22,23);1H. The molecule has 1 aliphatic carbocycles. The van der Waals surface area contributed by atoms with Crippen LogP contribution in [0.2, 0.25) is 0 Å². The minimum atomic E-state index is -4.38. The van der Waals surface area contributed by atoms with Crippen molar-refractivity contribution in [1.29, 1.82) is 0 Å². The largest absolute Gasteiger partial charge is 0.434 e. The van der Waals surface area contributed by atoms with Gasteiger partial charge in [0, 0.05) is 38.0 Å². The van der Waals surface area contributed by atoms with Crippen LogP contribution in [-0.4, -0.2) is 43.3 Å². The molecule has 0 bridgehead atoms. The summed E-state index contributed by atoms with van der Waals surface area (Å²) in [6, 6.07) is 0. The van der Waals surface area contributed by atoms with Gasteiger partial charge in [0.25, 0.3) is 0 Å². The summed E-state index contributed by atoms with van der Waals surface area (Å²) in [6.07, 6.45) is 2.19. The maximum absolute atomic E-state index is 12.5. The number of ether oxygens (including phenoxy) is 1. The van der Waals surface area contributed by atoms with Gasteiger partial charge in [0.2, 0.25) is 0 Å². The number of thiazole rings is 1. The highest BCUT2D eigenvalue weighted by molar-refractivity contribution is 14.0. The fourth-order valence-corrected chi connectivity index (χ4v) is 3.55. The molecule has 1 aromatic heterocycles. The quantitative estimate of drug-likeness (QED) is 0.222. The van der Waals surface area contributed by atoms with E-state index in [0.29, 0.717) is 43.2 Å². The number of halogens is 4. The average Bonchev–Trinajstić information content (AvgIpc) is 3.25. The maximum Gasteiger partial charge on any atom is 0.434 e. The number of nitrogens with zero attached hydrogens (tertiary/aromatic N) is 2. The van der Waals surface area contributed by atoms with Gasteiger partial charge < -0.3 is 15.4 Å². The predicted molar refractivity (Wildman–Crippen MR) is 113 cm³/mol. The van der Waals surface area contributed by atoms with E-state index in [1.807, 2.05) is 6.92 Å². The molecule has 2 rings (SSSR count). The van der Waals surface area contributed by atoms with Gasteiger partial charge in [0.1, 0.15) is 0 Å². The molecular formula is C17H28F3IN4OS. The lowest BCUT2D eigenvalue weighted by Gasteiger charge is -2.12. The Kier molecular flexibility index (Phi) is 11.5. The number of alkyl halides is 3. The van der Waals surface area contributed by atoms with Gasteiger partial charge in [-0.1, -0.05) is 12.8 Å². The Morgan fingerprint density at radius 1 is 1.33 bits per heavy atom. The van der Waals surface area contributed by atoms with E-state index in [1.54, 1.807) is 0 Å². The molecular weight excluding hydrogens is 492 g/mol. The third-order valence-electron chi connectivity index (χ3n) is 4.05. The highest BCUT2D eigenvalue weighted by Crippen LogP contribution is 2.30. The van der Waals surface area contributed by atoms with Crippen molar-refractivity contribution >= 4 is 41.3 Å². The summed E-state index contributed by atoms with van der Waals surface area (Å²) >= 11 is 1.03. The molecule has 0 amide bonds. The Bertz CT molecular complexity index is 563. The molecule has 0 unspecified atom stereocenters. The van der Waals surface area contributed by atoms with Crippen LogP contribution in [0.4, 0.5) is 13.2 Å². The molecule has 5 nitrogen and oxygen atoms in total. The first kappa shape index (κ1) is 24.4. The molecule has 10 heteroatoms. The van der Waals surface area contributed by atoms with Gasteiger partial charge in [-0.15, -0.1) is 35.3 Å². The van der Waals surface area contributed by atoms with E-state index in [9.17, 15) is 13.2 Å². The van der Waals surface area contributed by atoms with E-state index in [2.05, 4.69) is 20.6 Å². The molecule has 27 heavy (non-hydrogen) atoms. The zero-order valence-corrected chi connectivity index (χ0v) is 18.6. The molecule has 0 atom stereocenters. The van der Waals surface area contributed by atoms with Crippen LogP contribution in [-0.2, 0) is 17.3 Å². The Labute approximate surface area is 179 Å². The molecule has 156 valence electrons. The smallest absolute Gasteiger partial charge is 0.378 e. The van der Waals surface area contributed by atoms with Gasteiger partial charge in [-0.2, -0.15) is 13.2 Å². The van der Waals surface area contributed by atoms with Crippen LogP contribution < -0.4 is 10.6 Å². The second kappa shape index (κ2) is 12.8. The zero-order chi connectivity index (χ0) is 18.8. The van der Waals surface area contributed by atoms with Crippen LogP contribution in [0.5, 0.6) is 0 Å². The zero-order valence-electron chi connectivity index (χ0n) is 15.5. The number of nitrogens with one attached hydrogen (secondary N) is 2. The minimum absolute atomic E-state index is 0. The summed E-state index contributed by atoms with van der Waals surface area (Å²) in [5, 5.41) is 7.78. The summed E-state index contributed by atoms with van der Waals surface area (Å²) in [5.74, 6) is 0.668. The number of hydrogen-bond donors (Lipinski definition) is 2. The number of hydrogen-bond acceptors (Lipinski definition) is 4. The van der Waals surface area contributed by atoms with Gasteiger partial charge in [0.05, 0.1) is 11.1 Å². The van der Waals surface area contributed by atoms with Crippen molar-refractivity contribution in [3.8, 4) is 0 Å². The Hall–Kier alpha value is -0.620. The van der Waals surface area contributed by atoms with Gasteiger partial charge in [-0.3, -0.25) is 4.99 Å². The van der Waals surface area contributed by atoms with Gasteiger partial charge in [-0.05, 0) is 26.2 Å². The summed E-state index contributed by atoms with van der Waals surface area (Å²) in [5.41, 5.74) is -0.819. The molecule has 2 N–H and O–H groups in total. The van der Waals surface area contributed by atoms with E-state index < -0.39 is 11.9 Å². The minimum Gasteiger partial charge on any atom is -0.378 e. The van der Waals surface area contributed by atoms with E-state index in [4.69, 9.17) is 4.74 Å². The molecule has 1 saturated carbocycles. The van der Waals surface area contributed by atoms with Crippen LogP contribution in [0.1, 0.15) is 49.7 Å². The van der Waals surface area contributed by atoms with Crippen molar-refractivity contribution < 1.29 is 17.9 Å². The summed E-state index contributed by atoms with van der Waals surface area (Å²) in [4.78, 5) is 8.10. The van der Waals surface area contributed by atoms with Crippen LogP contribution in [0.25, 0.3) is 0 Å².